The molecule has 34 heavy (non-hydrogen) atoms. The Morgan fingerprint density at radius 2 is 1.97 bits per heavy atom. The van der Waals surface area contributed by atoms with Crippen molar-refractivity contribution in [2.75, 3.05) is 19.7 Å². The Morgan fingerprint density at radius 1 is 1.21 bits per heavy atom. The smallest absolute Gasteiger partial charge is 0.227 e. The normalized spacial score (nSPS) is 16.8. The average molecular weight is 484 g/mol. The van der Waals surface area contributed by atoms with Gasteiger partial charge in [-0.2, -0.15) is 5.10 Å². The summed E-state index contributed by atoms with van der Waals surface area (Å²) in [5, 5.41) is 16.0. The number of aromatic nitrogens is 2. The first-order valence-electron chi connectivity index (χ1n) is 12.1. The Morgan fingerprint density at radius 3 is 2.68 bits per heavy atom. The summed E-state index contributed by atoms with van der Waals surface area (Å²) in [5.41, 5.74) is 2.77. The van der Waals surface area contributed by atoms with Gasteiger partial charge < -0.3 is 14.6 Å². The van der Waals surface area contributed by atoms with Crippen LogP contribution in [0.4, 0.5) is 0 Å². The lowest BCUT2D eigenvalue weighted by atomic mass is 10.1. The Bertz CT molecular complexity index is 1050. The summed E-state index contributed by atoms with van der Waals surface area (Å²) < 4.78 is 14.2. The van der Waals surface area contributed by atoms with Gasteiger partial charge in [0.2, 0.25) is 5.88 Å². The number of hydrogen-bond acceptors (Lipinski definition) is 5. The van der Waals surface area contributed by atoms with E-state index in [9.17, 15) is 5.11 Å². The third-order valence-corrected chi connectivity index (χ3v) is 6.45. The zero-order valence-electron chi connectivity index (χ0n) is 20.0. The molecule has 7 heteroatoms. The number of halogens is 1. The van der Waals surface area contributed by atoms with E-state index in [1.165, 1.54) is 0 Å². The molecule has 0 amide bonds. The number of aliphatic hydroxyl groups is 1. The van der Waals surface area contributed by atoms with E-state index in [2.05, 4.69) is 11.8 Å². The first-order chi connectivity index (χ1) is 16.5. The zero-order chi connectivity index (χ0) is 23.9. The van der Waals surface area contributed by atoms with Crippen molar-refractivity contribution in [3.05, 3.63) is 70.9 Å². The zero-order valence-corrected chi connectivity index (χ0v) is 20.7. The van der Waals surface area contributed by atoms with E-state index in [1.54, 1.807) is 0 Å². The minimum atomic E-state index is -0.385. The molecule has 182 valence electrons. The molecule has 2 aromatic carbocycles. The maximum Gasteiger partial charge on any atom is 0.227 e. The molecular weight excluding hydrogens is 450 g/mol. The van der Waals surface area contributed by atoms with Crippen LogP contribution in [-0.2, 0) is 11.3 Å². The molecule has 0 saturated carbocycles. The monoisotopic (exact) mass is 483 g/mol. The van der Waals surface area contributed by atoms with E-state index in [0.717, 1.165) is 55.8 Å². The Kier molecular flexibility index (Phi) is 8.62. The lowest BCUT2D eigenvalue weighted by Gasteiger charge is -2.27. The second-order valence-corrected chi connectivity index (χ2v) is 9.33. The summed E-state index contributed by atoms with van der Waals surface area (Å²) >= 11 is 6.44. The van der Waals surface area contributed by atoms with Crippen LogP contribution >= 0.6 is 11.6 Å². The van der Waals surface area contributed by atoms with Crippen LogP contribution in [0.1, 0.15) is 43.9 Å². The largest absolute Gasteiger partial charge is 0.437 e. The number of para-hydroxylation sites is 2. The minimum absolute atomic E-state index is 0.186. The van der Waals surface area contributed by atoms with Crippen LogP contribution < -0.4 is 4.74 Å². The Hall–Kier alpha value is -2.38. The lowest BCUT2D eigenvalue weighted by Crippen LogP contribution is -2.37. The van der Waals surface area contributed by atoms with Gasteiger partial charge in [-0.3, -0.25) is 4.90 Å². The molecule has 4 rings (SSSR count). The number of hydrogen-bond donors (Lipinski definition) is 1. The van der Waals surface area contributed by atoms with E-state index < -0.39 is 0 Å². The topological polar surface area (TPSA) is 59.8 Å². The van der Waals surface area contributed by atoms with Gasteiger partial charge in [0.05, 0.1) is 34.2 Å². The molecule has 0 aliphatic carbocycles. The van der Waals surface area contributed by atoms with Crippen molar-refractivity contribution in [2.24, 2.45) is 0 Å². The SMILES string of the molecule is CCCC(O)CN(Cc1c(C)nn(-c2ccccc2)c1Oc1ccccc1Cl)CC1CCCO1. The fraction of sp³-hybridized carbons (Fsp3) is 0.444. The summed E-state index contributed by atoms with van der Waals surface area (Å²) in [6.45, 7) is 6.84. The standard InChI is InChI=1S/C27H34ClN3O3/c1-3-10-22(32)17-30(18-23-13-9-16-33-23)19-24-20(2)29-31(21-11-5-4-6-12-21)27(24)34-26-15-8-7-14-25(26)28/h4-8,11-12,14-15,22-23,32H,3,9-10,13,16-19H2,1-2H3. The maximum absolute atomic E-state index is 10.6. The van der Waals surface area contributed by atoms with E-state index in [-0.39, 0.29) is 12.2 Å². The first kappa shape index (κ1) is 24.7. The predicted molar refractivity (Wildman–Crippen MR) is 135 cm³/mol. The highest BCUT2D eigenvalue weighted by Crippen LogP contribution is 2.35. The summed E-state index contributed by atoms with van der Waals surface area (Å²) in [4.78, 5) is 2.27. The molecule has 1 aliphatic rings. The molecule has 1 aliphatic heterocycles. The van der Waals surface area contributed by atoms with E-state index in [0.29, 0.717) is 29.7 Å². The summed E-state index contributed by atoms with van der Waals surface area (Å²) in [6.07, 6.45) is 3.65. The van der Waals surface area contributed by atoms with Gasteiger partial charge in [-0.05, 0) is 50.5 Å². The highest BCUT2D eigenvalue weighted by molar-refractivity contribution is 6.32. The molecule has 0 radical (unpaired) electrons. The molecule has 2 unspecified atom stereocenters. The van der Waals surface area contributed by atoms with Crippen molar-refractivity contribution in [3.63, 3.8) is 0 Å². The van der Waals surface area contributed by atoms with Gasteiger partial charge in [0.1, 0.15) is 5.75 Å². The second kappa shape index (κ2) is 11.8. The summed E-state index contributed by atoms with van der Waals surface area (Å²) in [5.74, 6) is 1.22. The van der Waals surface area contributed by atoms with Gasteiger partial charge in [0.25, 0.3) is 0 Å². The average Bonchev–Trinajstić information content (AvgIpc) is 3.45. The molecule has 1 aromatic heterocycles. The molecule has 1 fully saturated rings. The maximum atomic E-state index is 10.6. The fourth-order valence-corrected chi connectivity index (χ4v) is 4.60. The third kappa shape index (κ3) is 6.19. The molecular formula is C27H34ClN3O3. The Balaban J connectivity index is 1.69. The van der Waals surface area contributed by atoms with Gasteiger partial charge in [-0.25, -0.2) is 4.68 Å². The van der Waals surface area contributed by atoms with Crippen LogP contribution in [0.15, 0.2) is 54.6 Å². The number of ether oxygens (including phenoxy) is 2. The van der Waals surface area contributed by atoms with Crippen molar-refractivity contribution in [1.82, 2.24) is 14.7 Å². The van der Waals surface area contributed by atoms with Crippen LogP contribution in [0.2, 0.25) is 5.02 Å². The van der Waals surface area contributed by atoms with Gasteiger partial charge in [0, 0.05) is 26.2 Å². The predicted octanol–water partition coefficient (Wildman–Crippen LogP) is 5.77. The molecule has 2 heterocycles. The van der Waals surface area contributed by atoms with Crippen molar-refractivity contribution in [3.8, 4) is 17.3 Å². The third-order valence-electron chi connectivity index (χ3n) is 6.14. The highest BCUT2D eigenvalue weighted by Gasteiger charge is 2.26. The summed E-state index contributed by atoms with van der Waals surface area (Å²) in [7, 11) is 0. The molecule has 2 atom stereocenters. The van der Waals surface area contributed by atoms with Crippen molar-refractivity contribution in [2.45, 2.75) is 58.3 Å². The first-order valence-corrected chi connectivity index (χ1v) is 12.5. The highest BCUT2D eigenvalue weighted by atomic mass is 35.5. The fourth-order valence-electron chi connectivity index (χ4n) is 4.43. The Labute approximate surface area is 207 Å². The minimum Gasteiger partial charge on any atom is -0.437 e. The second-order valence-electron chi connectivity index (χ2n) is 8.92. The van der Waals surface area contributed by atoms with Crippen molar-refractivity contribution < 1.29 is 14.6 Å². The number of benzene rings is 2. The van der Waals surface area contributed by atoms with Gasteiger partial charge >= 0.3 is 0 Å². The van der Waals surface area contributed by atoms with E-state index >= 15 is 0 Å². The molecule has 0 spiro atoms. The van der Waals surface area contributed by atoms with Gasteiger partial charge in [-0.1, -0.05) is 55.3 Å². The van der Waals surface area contributed by atoms with Crippen molar-refractivity contribution >= 4 is 11.6 Å². The molecule has 3 aromatic rings. The van der Waals surface area contributed by atoms with Crippen LogP contribution in [0.25, 0.3) is 5.69 Å². The summed E-state index contributed by atoms with van der Waals surface area (Å²) in [6, 6.07) is 17.4. The lowest BCUT2D eigenvalue weighted by molar-refractivity contribution is 0.0437. The number of rotatable bonds is 11. The van der Waals surface area contributed by atoms with Crippen LogP contribution in [-0.4, -0.2) is 51.7 Å². The molecule has 1 N–H and O–H groups in total. The van der Waals surface area contributed by atoms with Crippen LogP contribution in [0, 0.1) is 6.92 Å². The van der Waals surface area contributed by atoms with Gasteiger partial charge in [-0.15, -0.1) is 0 Å². The van der Waals surface area contributed by atoms with E-state index in [4.69, 9.17) is 26.2 Å². The van der Waals surface area contributed by atoms with Crippen LogP contribution in [0.3, 0.4) is 0 Å². The molecule has 1 saturated heterocycles. The molecule has 0 bridgehead atoms. The molecule has 6 nitrogen and oxygen atoms in total. The quantitative estimate of drug-likeness (QED) is 0.375. The number of nitrogens with zero attached hydrogens (tertiary/aromatic N) is 3. The van der Waals surface area contributed by atoms with Gasteiger partial charge in [0.15, 0.2) is 0 Å². The van der Waals surface area contributed by atoms with Crippen molar-refractivity contribution in [1.29, 1.82) is 0 Å². The van der Waals surface area contributed by atoms with Crippen LogP contribution in [0.5, 0.6) is 11.6 Å². The number of aryl methyl sites for hydroxylation is 1. The number of aliphatic hydroxyl groups excluding tert-OH is 1. The van der Waals surface area contributed by atoms with E-state index in [1.807, 2.05) is 66.2 Å².